The van der Waals surface area contributed by atoms with Crippen molar-refractivity contribution >= 4 is 0 Å². The summed E-state index contributed by atoms with van der Waals surface area (Å²) in [6, 6.07) is 0. The van der Waals surface area contributed by atoms with Gasteiger partial charge in [-0.25, -0.2) is 0 Å². The average Bonchev–Trinajstić information content (AvgIpc) is 2.74. The summed E-state index contributed by atoms with van der Waals surface area (Å²) in [5.74, 6) is 0. The van der Waals surface area contributed by atoms with Crippen LogP contribution in [0.5, 0.6) is 0 Å². The summed E-state index contributed by atoms with van der Waals surface area (Å²) in [6.07, 6.45) is 16.8. The minimum absolute atomic E-state index is 0.106. The van der Waals surface area contributed by atoms with Gasteiger partial charge in [-0.3, -0.25) is 0 Å². The molecular weight excluding hydrogens is 368 g/mol. The molecule has 2 N–H and O–H groups in total. The highest BCUT2D eigenvalue weighted by Gasteiger charge is 2.16. The summed E-state index contributed by atoms with van der Waals surface area (Å²) < 4.78 is 17.0. The Bertz CT molecular complexity index is 273. The molecule has 0 amide bonds. The van der Waals surface area contributed by atoms with E-state index in [0.29, 0.717) is 26.4 Å². The Morgan fingerprint density at radius 2 is 0.862 bits per heavy atom. The van der Waals surface area contributed by atoms with Crippen molar-refractivity contribution in [3.05, 3.63) is 0 Å². The van der Waals surface area contributed by atoms with E-state index in [9.17, 15) is 10.2 Å². The Balaban J connectivity index is 3.62. The molecule has 0 aromatic heterocycles. The van der Waals surface area contributed by atoms with Gasteiger partial charge < -0.3 is 24.4 Å². The predicted octanol–water partition coefficient (Wildman–Crippen LogP) is 5.26. The molecule has 0 saturated heterocycles. The minimum atomic E-state index is -0.404. The third-order valence-electron chi connectivity index (χ3n) is 5.18. The van der Waals surface area contributed by atoms with Crippen LogP contribution in [0, 0.1) is 0 Å². The lowest BCUT2D eigenvalue weighted by Gasteiger charge is -2.22. The van der Waals surface area contributed by atoms with Crippen molar-refractivity contribution in [1.29, 1.82) is 0 Å². The lowest BCUT2D eigenvalue weighted by atomic mass is 10.1. The monoisotopic (exact) mass is 418 g/mol. The van der Waals surface area contributed by atoms with Gasteiger partial charge in [0.15, 0.2) is 0 Å². The smallest absolute Gasteiger partial charge is 0.104 e. The molecule has 0 fully saturated rings. The average molecular weight is 419 g/mol. The largest absolute Gasteiger partial charge is 0.394 e. The first-order valence-corrected chi connectivity index (χ1v) is 12.3. The molecule has 0 rings (SSSR count). The SMILES string of the molecule is CCCCCCCCCOCC(CO)OC(CO)COCCCCCCCCC. The summed E-state index contributed by atoms with van der Waals surface area (Å²) in [6.45, 7) is 6.38. The first-order chi connectivity index (χ1) is 14.3. The number of ether oxygens (including phenoxy) is 3. The van der Waals surface area contributed by atoms with Crippen molar-refractivity contribution < 1.29 is 24.4 Å². The lowest BCUT2D eigenvalue weighted by Crippen LogP contribution is -2.34. The normalized spacial score (nSPS) is 13.7. The van der Waals surface area contributed by atoms with Gasteiger partial charge in [0.05, 0.1) is 26.4 Å². The highest BCUT2D eigenvalue weighted by molar-refractivity contribution is 4.62. The van der Waals surface area contributed by atoms with Gasteiger partial charge in [0.25, 0.3) is 0 Å². The maximum atomic E-state index is 9.50. The van der Waals surface area contributed by atoms with Gasteiger partial charge in [0.1, 0.15) is 12.2 Å². The predicted molar refractivity (Wildman–Crippen MR) is 120 cm³/mol. The van der Waals surface area contributed by atoms with Gasteiger partial charge in [-0.2, -0.15) is 0 Å². The zero-order chi connectivity index (χ0) is 21.4. The zero-order valence-electron chi connectivity index (χ0n) is 19.4. The van der Waals surface area contributed by atoms with Gasteiger partial charge in [0.2, 0.25) is 0 Å². The van der Waals surface area contributed by atoms with Crippen LogP contribution >= 0.6 is 0 Å². The highest BCUT2D eigenvalue weighted by atomic mass is 16.6. The summed E-state index contributed by atoms with van der Waals surface area (Å²) in [4.78, 5) is 0. The van der Waals surface area contributed by atoms with Crippen LogP contribution in [0.2, 0.25) is 0 Å². The van der Waals surface area contributed by atoms with Crippen molar-refractivity contribution in [2.24, 2.45) is 0 Å². The van der Waals surface area contributed by atoms with Gasteiger partial charge in [0, 0.05) is 13.2 Å². The molecule has 0 aliphatic heterocycles. The Hall–Kier alpha value is -0.200. The second-order valence-corrected chi connectivity index (χ2v) is 8.14. The van der Waals surface area contributed by atoms with Crippen LogP contribution in [-0.4, -0.2) is 62.1 Å². The minimum Gasteiger partial charge on any atom is -0.394 e. The van der Waals surface area contributed by atoms with Crippen LogP contribution in [0.15, 0.2) is 0 Å². The van der Waals surface area contributed by atoms with Crippen molar-refractivity contribution in [2.45, 2.75) is 116 Å². The van der Waals surface area contributed by atoms with E-state index in [2.05, 4.69) is 13.8 Å². The fourth-order valence-corrected chi connectivity index (χ4v) is 3.29. The Kier molecular flexibility index (Phi) is 23.9. The Morgan fingerprint density at radius 1 is 0.517 bits per heavy atom. The van der Waals surface area contributed by atoms with E-state index < -0.39 is 12.2 Å². The number of hydrogen-bond donors (Lipinski definition) is 2. The zero-order valence-corrected chi connectivity index (χ0v) is 19.4. The maximum absolute atomic E-state index is 9.50. The standard InChI is InChI=1S/C24H50O5/c1-3-5-7-9-11-13-15-17-27-21-23(19-25)29-24(20-26)22-28-18-16-14-12-10-8-6-4-2/h23-26H,3-22H2,1-2H3. The molecule has 0 bridgehead atoms. The number of rotatable bonds is 24. The highest BCUT2D eigenvalue weighted by Crippen LogP contribution is 2.09. The number of aliphatic hydroxyl groups excluding tert-OH is 2. The molecule has 0 aliphatic carbocycles. The lowest BCUT2D eigenvalue weighted by molar-refractivity contribution is -0.115. The molecule has 29 heavy (non-hydrogen) atoms. The number of aliphatic hydroxyl groups is 2. The van der Waals surface area contributed by atoms with Crippen LogP contribution in [-0.2, 0) is 14.2 Å². The van der Waals surface area contributed by atoms with Gasteiger partial charge in [-0.05, 0) is 12.8 Å². The van der Waals surface area contributed by atoms with Gasteiger partial charge in [-0.15, -0.1) is 0 Å². The molecule has 0 aromatic carbocycles. The van der Waals surface area contributed by atoms with Crippen molar-refractivity contribution in [3.8, 4) is 0 Å². The summed E-state index contributed by atoms with van der Waals surface area (Å²) in [7, 11) is 0. The molecule has 0 radical (unpaired) electrons. The Morgan fingerprint density at radius 3 is 1.21 bits per heavy atom. The van der Waals surface area contributed by atoms with Crippen molar-refractivity contribution in [3.63, 3.8) is 0 Å². The fourth-order valence-electron chi connectivity index (χ4n) is 3.29. The molecular formula is C24H50O5. The molecule has 2 unspecified atom stereocenters. The third kappa shape index (κ3) is 20.8. The Labute approximate surface area is 180 Å². The molecule has 0 spiro atoms. The molecule has 176 valence electrons. The summed E-state index contributed by atoms with van der Waals surface area (Å²) >= 11 is 0. The van der Waals surface area contributed by atoms with E-state index >= 15 is 0 Å². The van der Waals surface area contributed by atoms with Gasteiger partial charge in [-0.1, -0.05) is 90.9 Å². The molecule has 2 atom stereocenters. The topological polar surface area (TPSA) is 68.2 Å². The molecule has 0 heterocycles. The van der Waals surface area contributed by atoms with Gasteiger partial charge >= 0.3 is 0 Å². The molecule has 5 heteroatoms. The van der Waals surface area contributed by atoms with Crippen LogP contribution in [0.1, 0.15) is 104 Å². The van der Waals surface area contributed by atoms with E-state index in [0.717, 1.165) is 12.8 Å². The molecule has 0 aromatic rings. The molecule has 5 nitrogen and oxygen atoms in total. The summed E-state index contributed by atoms with van der Waals surface area (Å²) in [5, 5.41) is 19.0. The van der Waals surface area contributed by atoms with Crippen LogP contribution < -0.4 is 0 Å². The van der Waals surface area contributed by atoms with Crippen molar-refractivity contribution in [1.82, 2.24) is 0 Å². The van der Waals surface area contributed by atoms with Crippen LogP contribution in [0.4, 0.5) is 0 Å². The second kappa shape index (κ2) is 24.1. The van der Waals surface area contributed by atoms with E-state index in [1.807, 2.05) is 0 Å². The molecule has 0 aliphatic rings. The fraction of sp³-hybridized carbons (Fsp3) is 1.00. The second-order valence-electron chi connectivity index (χ2n) is 8.14. The molecule has 0 saturated carbocycles. The summed E-state index contributed by atoms with van der Waals surface area (Å²) in [5.41, 5.74) is 0. The number of hydrogen-bond acceptors (Lipinski definition) is 5. The van der Waals surface area contributed by atoms with Crippen molar-refractivity contribution in [2.75, 3.05) is 39.6 Å². The van der Waals surface area contributed by atoms with E-state index in [1.54, 1.807) is 0 Å². The van der Waals surface area contributed by atoms with E-state index in [1.165, 1.54) is 77.0 Å². The van der Waals surface area contributed by atoms with Crippen LogP contribution in [0.3, 0.4) is 0 Å². The third-order valence-corrected chi connectivity index (χ3v) is 5.18. The van der Waals surface area contributed by atoms with Crippen LogP contribution in [0.25, 0.3) is 0 Å². The maximum Gasteiger partial charge on any atom is 0.104 e. The quantitative estimate of drug-likeness (QED) is 0.209. The van der Waals surface area contributed by atoms with E-state index in [4.69, 9.17) is 14.2 Å². The van der Waals surface area contributed by atoms with E-state index in [-0.39, 0.29) is 13.2 Å². The number of unbranched alkanes of at least 4 members (excludes halogenated alkanes) is 12. The first kappa shape index (κ1) is 28.8. The first-order valence-electron chi connectivity index (χ1n) is 12.3.